The predicted molar refractivity (Wildman–Crippen MR) is 76.3 cm³/mol. The SMILES string of the molecule is CCOc1ccc(NC2CCNC(C)(C)C2)cc1F. The summed E-state index contributed by atoms with van der Waals surface area (Å²) in [5.74, 6) is 0.0127. The van der Waals surface area contributed by atoms with Gasteiger partial charge >= 0.3 is 0 Å². The van der Waals surface area contributed by atoms with Gasteiger partial charge in [0.2, 0.25) is 0 Å². The molecule has 1 fully saturated rings. The minimum atomic E-state index is -0.306. The summed E-state index contributed by atoms with van der Waals surface area (Å²) in [4.78, 5) is 0. The zero-order valence-corrected chi connectivity index (χ0v) is 11.9. The quantitative estimate of drug-likeness (QED) is 0.878. The summed E-state index contributed by atoms with van der Waals surface area (Å²) in [5.41, 5.74) is 0.961. The fourth-order valence-electron chi connectivity index (χ4n) is 2.60. The molecule has 1 aromatic carbocycles. The lowest BCUT2D eigenvalue weighted by Gasteiger charge is -2.37. The molecule has 2 N–H and O–H groups in total. The van der Waals surface area contributed by atoms with Gasteiger partial charge in [-0.2, -0.15) is 0 Å². The van der Waals surface area contributed by atoms with Crippen molar-refractivity contribution in [3.05, 3.63) is 24.0 Å². The van der Waals surface area contributed by atoms with Crippen LogP contribution in [0.1, 0.15) is 33.6 Å². The molecule has 0 saturated carbocycles. The summed E-state index contributed by atoms with van der Waals surface area (Å²) in [6.07, 6.45) is 2.08. The number of piperidine rings is 1. The Morgan fingerprint density at radius 1 is 1.47 bits per heavy atom. The molecule has 1 aromatic rings. The number of rotatable bonds is 4. The van der Waals surface area contributed by atoms with Gasteiger partial charge in [0, 0.05) is 23.3 Å². The van der Waals surface area contributed by atoms with Gasteiger partial charge in [-0.1, -0.05) is 0 Å². The number of ether oxygens (including phenoxy) is 1. The molecule has 0 aromatic heterocycles. The number of anilines is 1. The van der Waals surface area contributed by atoms with Crippen molar-refractivity contribution < 1.29 is 9.13 Å². The van der Waals surface area contributed by atoms with Crippen molar-refractivity contribution in [1.82, 2.24) is 5.32 Å². The summed E-state index contributed by atoms with van der Waals surface area (Å²) >= 11 is 0. The third-order valence-electron chi connectivity index (χ3n) is 3.46. The van der Waals surface area contributed by atoms with Crippen LogP contribution in [0.4, 0.5) is 10.1 Å². The van der Waals surface area contributed by atoms with Gasteiger partial charge < -0.3 is 15.4 Å². The second kappa shape index (κ2) is 5.78. The minimum Gasteiger partial charge on any atom is -0.491 e. The van der Waals surface area contributed by atoms with Gasteiger partial charge in [0.25, 0.3) is 0 Å². The highest BCUT2D eigenvalue weighted by Crippen LogP contribution is 2.25. The van der Waals surface area contributed by atoms with E-state index in [0.717, 1.165) is 25.1 Å². The van der Waals surface area contributed by atoms with Crippen LogP contribution in [0.15, 0.2) is 18.2 Å². The maximum absolute atomic E-state index is 13.8. The molecule has 1 saturated heterocycles. The van der Waals surface area contributed by atoms with Crippen molar-refractivity contribution >= 4 is 5.69 Å². The molecule has 0 spiro atoms. The standard InChI is InChI=1S/C15H23FN2O/c1-4-19-14-6-5-11(9-13(14)16)18-12-7-8-17-15(2,3)10-12/h5-6,9,12,17-18H,4,7-8,10H2,1-3H3. The average molecular weight is 266 g/mol. The normalized spacial score (nSPS) is 22.0. The first kappa shape index (κ1) is 14.1. The van der Waals surface area contributed by atoms with Gasteiger partial charge in [-0.05, 0) is 52.3 Å². The van der Waals surface area contributed by atoms with E-state index >= 15 is 0 Å². The molecule has 106 valence electrons. The summed E-state index contributed by atoms with van der Waals surface area (Å²) in [5, 5.41) is 6.89. The molecule has 3 nitrogen and oxygen atoms in total. The highest BCUT2D eigenvalue weighted by atomic mass is 19.1. The molecule has 2 rings (SSSR count). The van der Waals surface area contributed by atoms with Crippen LogP contribution in [0.25, 0.3) is 0 Å². The number of hydrogen-bond donors (Lipinski definition) is 2. The van der Waals surface area contributed by atoms with Gasteiger partial charge in [0.05, 0.1) is 6.61 Å². The molecule has 1 atom stereocenters. The van der Waals surface area contributed by atoms with Gasteiger partial charge in [0.15, 0.2) is 11.6 Å². The third-order valence-corrected chi connectivity index (χ3v) is 3.46. The number of halogens is 1. The number of nitrogens with one attached hydrogen (secondary N) is 2. The third kappa shape index (κ3) is 3.83. The summed E-state index contributed by atoms with van der Waals surface area (Å²) < 4.78 is 19.0. The molecule has 0 amide bonds. The zero-order chi connectivity index (χ0) is 13.9. The van der Waals surface area contributed by atoms with E-state index in [4.69, 9.17) is 4.74 Å². The summed E-state index contributed by atoms with van der Waals surface area (Å²) in [6, 6.07) is 5.46. The fourth-order valence-corrected chi connectivity index (χ4v) is 2.60. The molecule has 0 aliphatic carbocycles. The maximum atomic E-state index is 13.8. The minimum absolute atomic E-state index is 0.139. The summed E-state index contributed by atoms with van der Waals surface area (Å²) in [7, 11) is 0. The fraction of sp³-hybridized carbons (Fsp3) is 0.600. The molecule has 4 heteroatoms. The lowest BCUT2D eigenvalue weighted by atomic mass is 9.89. The molecule has 19 heavy (non-hydrogen) atoms. The van der Waals surface area contributed by atoms with E-state index in [0.29, 0.717) is 18.4 Å². The van der Waals surface area contributed by atoms with Crippen molar-refractivity contribution in [2.24, 2.45) is 0 Å². The molecule has 1 aliphatic heterocycles. The van der Waals surface area contributed by atoms with Gasteiger partial charge in [-0.25, -0.2) is 4.39 Å². The highest BCUT2D eigenvalue weighted by Gasteiger charge is 2.27. The highest BCUT2D eigenvalue weighted by molar-refractivity contribution is 5.48. The Labute approximate surface area is 114 Å². The van der Waals surface area contributed by atoms with Crippen LogP contribution in [0.2, 0.25) is 0 Å². The van der Waals surface area contributed by atoms with Crippen molar-refractivity contribution in [3.8, 4) is 5.75 Å². The second-order valence-corrected chi connectivity index (χ2v) is 5.72. The maximum Gasteiger partial charge on any atom is 0.167 e. The Bertz CT molecular complexity index is 434. The van der Waals surface area contributed by atoms with E-state index < -0.39 is 0 Å². The molecule has 0 radical (unpaired) electrons. The predicted octanol–water partition coefficient (Wildman–Crippen LogP) is 3.17. The van der Waals surface area contributed by atoms with Crippen LogP contribution >= 0.6 is 0 Å². The van der Waals surface area contributed by atoms with Crippen LogP contribution in [-0.4, -0.2) is 24.7 Å². The van der Waals surface area contributed by atoms with Crippen molar-refractivity contribution in [1.29, 1.82) is 0 Å². The monoisotopic (exact) mass is 266 g/mol. The molecule has 1 aliphatic rings. The van der Waals surface area contributed by atoms with Crippen molar-refractivity contribution in [2.75, 3.05) is 18.5 Å². The molecular weight excluding hydrogens is 243 g/mol. The number of hydrogen-bond acceptors (Lipinski definition) is 3. The van der Waals surface area contributed by atoms with Gasteiger partial charge in [0.1, 0.15) is 0 Å². The van der Waals surface area contributed by atoms with Crippen LogP contribution in [0, 0.1) is 5.82 Å². The Kier molecular flexibility index (Phi) is 4.30. The second-order valence-electron chi connectivity index (χ2n) is 5.72. The smallest absolute Gasteiger partial charge is 0.167 e. The molecule has 1 unspecified atom stereocenters. The first-order chi connectivity index (χ1) is 9.00. The zero-order valence-electron chi connectivity index (χ0n) is 11.9. The van der Waals surface area contributed by atoms with Crippen LogP contribution in [0.5, 0.6) is 5.75 Å². The number of benzene rings is 1. The van der Waals surface area contributed by atoms with Crippen LogP contribution in [0.3, 0.4) is 0 Å². The lowest BCUT2D eigenvalue weighted by Crippen LogP contribution is -2.50. The average Bonchev–Trinajstić information content (AvgIpc) is 2.31. The Balaban J connectivity index is 2.01. The lowest BCUT2D eigenvalue weighted by molar-refractivity contribution is 0.286. The molecule has 0 bridgehead atoms. The van der Waals surface area contributed by atoms with Crippen LogP contribution in [-0.2, 0) is 0 Å². The largest absolute Gasteiger partial charge is 0.491 e. The van der Waals surface area contributed by atoms with Crippen molar-refractivity contribution in [3.63, 3.8) is 0 Å². The Morgan fingerprint density at radius 2 is 2.26 bits per heavy atom. The van der Waals surface area contributed by atoms with E-state index in [1.165, 1.54) is 6.07 Å². The van der Waals surface area contributed by atoms with Crippen LogP contribution < -0.4 is 15.4 Å². The van der Waals surface area contributed by atoms with E-state index in [1.807, 2.05) is 13.0 Å². The first-order valence-corrected chi connectivity index (χ1v) is 6.94. The first-order valence-electron chi connectivity index (χ1n) is 6.94. The van der Waals surface area contributed by atoms with E-state index in [9.17, 15) is 4.39 Å². The van der Waals surface area contributed by atoms with Gasteiger partial charge in [-0.3, -0.25) is 0 Å². The summed E-state index contributed by atoms with van der Waals surface area (Å²) in [6.45, 7) is 7.71. The van der Waals surface area contributed by atoms with E-state index in [1.54, 1.807) is 6.07 Å². The van der Waals surface area contributed by atoms with Crippen molar-refractivity contribution in [2.45, 2.75) is 45.2 Å². The molecule has 1 heterocycles. The van der Waals surface area contributed by atoms with Gasteiger partial charge in [-0.15, -0.1) is 0 Å². The Morgan fingerprint density at radius 3 is 2.89 bits per heavy atom. The van der Waals surface area contributed by atoms with E-state index in [2.05, 4.69) is 24.5 Å². The van der Waals surface area contributed by atoms with E-state index in [-0.39, 0.29) is 11.4 Å². The Hall–Kier alpha value is -1.29. The topological polar surface area (TPSA) is 33.3 Å². The molecular formula is C15H23FN2O.